The summed E-state index contributed by atoms with van der Waals surface area (Å²) in [6.07, 6.45) is 1.49. The van der Waals surface area contributed by atoms with Crippen molar-refractivity contribution in [1.82, 2.24) is 15.3 Å². The molecule has 4 aromatic rings. The zero-order chi connectivity index (χ0) is 21.1. The van der Waals surface area contributed by atoms with Crippen LogP contribution in [0.2, 0.25) is 0 Å². The maximum absolute atomic E-state index is 13.4. The largest absolute Gasteiger partial charge is 0.457 e. The molecule has 0 radical (unpaired) electrons. The molecule has 0 aliphatic heterocycles. The maximum atomic E-state index is 13.4. The number of rotatable bonds is 5. The third kappa shape index (κ3) is 4.02. The van der Waals surface area contributed by atoms with Gasteiger partial charge in [-0.05, 0) is 42.5 Å². The number of nitrogens with zero attached hydrogens (tertiary/aromatic N) is 2. The summed E-state index contributed by atoms with van der Waals surface area (Å²) < 4.78 is 32.5. The number of carbonyl (C=O) groups excluding carboxylic acids is 1. The Kier molecular flexibility index (Phi) is 5.21. The lowest BCUT2D eigenvalue weighted by Gasteiger charge is -2.11. The number of anilines is 2. The number of ether oxygens (including phenoxy) is 1. The highest BCUT2D eigenvalue weighted by Gasteiger charge is 2.10. The van der Waals surface area contributed by atoms with Crippen molar-refractivity contribution in [2.45, 2.75) is 0 Å². The van der Waals surface area contributed by atoms with E-state index in [-0.39, 0.29) is 11.6 Å². The Bertz CT molecular complexity index is 1250. The highest BCUT2D eigenvalue weighted by atomic mass is 19.2. The minimum atomic E-state index is -0.940. The van der Waals surface area contributed by atoms with Gasteiger partial charge in [-0.25, -0.2) is 13.8 Å². The van der Waals surface area contributed by atoms with Crippen LogP contribution in [0.4, 0.5) is 20.3 Å². The van der Waals surface area contributed by atoms with Crippen molar-refractivity contribution in [3.63, 3.8) is 0 Å². The van der Waals surface area contributed by atoms with Gasteiger partial charge in [-0.15, -0.1) is 0 Å². The molecule has 0 bridgehead atoms. The van der Waals surface area contributed by atoms with E-state index < -0.39 is 11.6 Å². The number of hydrogen-bond acceptors (Lipinski definition) is 5. The summed E-state index contributed by atoms with van der Waals surface area (Å²) in [5.74, 6) is -0.688. The lowest BCUT2D eigenvalue weighted by Crippen LogP contribution is -2.18. The number of amides is 1. The number of fused-ring (bicyclic) bond motifs is 1. The molecule has 0 unspecified atom stereocenters. The number of benzene rings is 2. The number of hydrogen-bond donors (Lipinski definition) is 2. The van der Waals surface area contributed by atoms with E-state index in [0.29, 0.717) is 28.5 Å². The van der Waals surface area contributed by atoms with Crippen molar-refractivity contribution in [2.24, 2.45) is 0 Å². The Morgan fingerprint density at radius 2 is 1.87 bits per heavy atom. The molecular weight excluding hydrogens is 390 g/mol. The van der Waals surface area contributed by atoms with E-state index in [2.05, 4.69) is 20.6 Å². The molecule has 0 atom stereocenters. The minimum absolute atomic E-state index is 0.242. The average Bonchev–Trinajstić information content (AvgIpc) is 2.76. The second-order valence-corrected chi connectivity index (χ2v) is 6.33. The molecule has 4 rings (SSSR count). The molecule has 0 aliphatic rings. The van der Waals surface area contributed by atoms with Crippen LogP contribution in [-0.2, 0) is 0 Å². The van der Waals surface area contributed by atoms with Crippen LogP contribution < -0.4 is 15.4 Å². The van der Waals surface area contributed by atoms with Crippen molar-refractivity contribution >= 4 is 28.3 Å². The lowest BCUT2D eigenvalue weighted by atomic mass is 10.2. The number of nitrogens with one attached hydrogen (secondary N) is 2. The van der Waals surface area contributed by atoms with Gasteiger partial charge in [0.2, 0.25) is 0 Å². The van der Waals surface area contributed by atoms with Crippen molar-refractivity contribution in [3.8, 4) is 11.5 Å². The standard InChI is InChI=1S/C22H16F2N4O2/c1-25-22(29)19-12-14(9-10-26-19)30-20-4-2-3-18-15(20)6-8-21(28-18)27-13-5-7-16(23)17(24)11-13/h2-12H,1H3,(H,25,29)(H,27,28). The zero-order valence-electron chi connectivity index (χ0n) is 15.8. The molecule has 2 heterocycles. The Morgan fingerprint density at radius 3 is 2.67 bits per heavy atom. The normalized spacial score (nSPS) is 10.6. The summed E-state index contributed by atoms with van der Waals surface area (Å²) in [6.45, 7) is 0. The lowest BCUT2D eigenvalue weighted by molar-refractivity contribution is 0.0958. The van der Waals surface area contributed by atoms with E-state index in [0.717, 1.165) is 17.5 Å². The van der Waals surface area contributed by atoms with E-state index in [9.17, 15) is 13.6 Å². The fraction of sp³-hybridized carbons (Fsp3) is 0.0455. The fourth-order valence-electron chi connectivity index (χ4n) is 2.86. The summed E-state index contributed by atoms with van der Waals surface area (Å²) in [4.78, 5) is 20.3. The van der Waals surface area contributed by atoms with E-state index in [1.807, 2.05) is 0 Å². The Morgan fingerprint density at radius 1 is 1.00 bits per heavy atom. The van der Waals surface area contributed by atoms with E-state index in [1.54, 1.807) is 42.5 Å². The maximum Gasteiger partial charge on any atom is 0.269 e. The third-order valence-electron chi connectivity index (χ3n) is 4.30. The van der Waals surface area contributed by atoms with E-state index in [1.165, 1.54) is 19.3 Å². The average molecular weight is 406 g/mol. The first kappa shape index (κ1) is 19.3. The molecule has 8 heteroatoms. The first-order chi connectivity index (χ1) is 14.5. The summed E-state index contributed by atoms with van der Waals surface area (Å²) >= 11 is 0. The molecule has 0 saturated carbocycles. The van der Waals surface area contributed by atoms with Gasteiger partial charge in [-0.3, -0.25) is 9.78 Å². The second-order valence-electron chi connectivity index (χ2n) is 6.33. The van der Waals surface area contributed by atoms with Crippen molar-refractivity contribution in [2.75, 3.05) is 12.4 Å². The van der Waals surface area contributed by atoms with Gasteiger partial charge in [0.25, 0.3) is 5.91 Å². The highest BCUT2D eigenvalue weighted by Crippen LogP contribution is 2.30. The molecule has 2 aromatic heterocycles. The summed E-state index contributed by atoms with van der Waals surface area (Å²) in [5.41, 5.74) is 1.26. The van der Waals surface area contributed by atoms with Crippen LogP contribution in [0.15, 0.2) is 66.9 Å². The molecule has 1 amide bonds. The molecule has 0 spiro atoms. The first-order valence-electron chi connectivity index (χ1n) is 9.01. The minimum Gasteiger partial charge on any atom is -0.457 e. The quantitative estimate of drug-likeness (QED) is 0.498. The monoisotopic (exact) mass is 406 g/mol. The Labute approximate surface area is 170 Å². The topological polar surface area (TPSA) is 76.1 Å². The van der Waals surface area contributed by atoms with Crippen molar-refractivity contribution in [1.29, 1.82) is 0 Å². The van der Waals surface area contributed by atoms with Crippen LogP contribution in [0.25, 0.3) is 10.9 Å². The molecule has 0 aliphatic carbocycles. The predicted octanol–water partition coefficient (Wildman–Crippen LogP) is 4.80. The smallest absolute Gasteiger partial charge is 0.269 e. The van der Waals surface area contributed by atoms with Crippen LogP contribution in [-0.4, -0.2) is 22.9 Å². The van der Waals surface area contributed by atoms with E-state index >= 15 is 0 Å². The number of carbonyl (C=O) groups is 1. The molecule has 2 N–H and O–H groups in total. The van der Waals surface area contributed by atoms with Gasteiger partial charge >= 0.3 is 0 Å². The molecule has 2 aromatic carbocycles. The SMILES string of the molecule is CNC(=O)c1cc(Oc2cccc3nc(Nc4ccc(F)c(F)c4)ccc23)ccn1. The van der Waals surface area contributed by atoms with Gasteiger partial charge in [0.1, 0.15) is 23.0 Å². The molecule has 6 nitrogen and oxygen atoms in total. The van der Waals surface area contributed by atoms with Crippen LogP contribution >= 0.6 is 0 Å². The second kappa shape index (κ2) is 8.12. The van der Waals surface area contributed by atoms with Gasteiger partial charge in [0, 0.05) is 36.5 Å². The summed E-state index contributed by atoms with van der Waals surface area (Å²) in [7, 11) is 1.53. The molecular formula is C22H16F2N4O2. The van der Waals surface area contributed by atoms with Crippen LogP contribution in [0.1, 0.15) is 10.5 Å². The number of aromatic nitrogens is 2. The summed E-state index contributed by atoms with van der Waals surface area (Å²) in [6, 6.07) is 15.6. The first-order valence-corrected chi connectivity index (χ1v) is 9.01. The zero-order valence-corrected chi connectivity index (χ0v) is 15.8. The molecule has 0 saturated heterocycles. The van der Waals surface area contributed by atoms with Crippen LogP contribution in [0, 0.1) is 11.6 Å². The molecule has 0 fully saturated rings. The molecule has 30 heavy (non-hydrogen) atoms. The Balaban J connectivity index is 1.61. The number of pyridine rings is 2. The third-order valence-corrected chi connectivity index (χ3v) is 4.30. The van der Waals surface area contributed by atoms with Crippen LogP contribution in [0.3, 0.4) is 0 Å². The highest BCUT2D eigenvalue weighted by molar-refractivity contribution is 5.92. The van der Waals surface area contributed by atoms with Crippen molar-refractivity contribution in [3.05, 3.63) is 84.2 Å². The van der Waals surface area contributed by atoms with Gasteiger partial charge in [-0.1, -0.05) is 6.07 Å². The Hall–Kier alpha value is -4.07. The van der Waals surface area contributed by atoms with Crippen molar-refractivity contribution < 1.29 is 18.3 Å². The van der Waals surface area contributed by atoms with Gasteiger partial charge < -0.3 is 15.4 Å². The van der Waals surface area contributed by atoms with Gasteiger partial charge in [-0.2, -0.15) is 0 Å². The van der Waals surface area contributed by atoms with Gasteiger partial charge in [0.05, 0.1) is 5.52 Å². The predicted molar refractivity (Wildman–Crippen MR) is 109 cm³/mol. The molecule has 150 valence electrons. The van der Waals surface area contributed by atoms with E-state index in [4.69, 9.17) is 4.74 Å². The van der Waals surface area contributed by atoms with Gasteiger partial charge in [0.15, 0.2) is 11.6 Å². The summed E-state index contributed by atoms with van der Waals surface area (Å²) in [5, 5.41) is 6.21. The number of halogens is 2. The fourth-order valence-corrected chi connectivity index (χ4v) is 2.86. The van der Waals surface area contributed by atoms with Crippen LogP contribution in [0.5, 0.6) is 11.5 Å².